The minimum Gasteiger partial charge on any atom is -0.311 e. The predicted molar refractivity (Wildman–Crippen MR) is 280 cm³/mol. The maximum atomic E-state index is 2.43. The van der Waals surface area contributed by atoms with Crippen molar-refractivity contribution in [2.45, 2.75) is 12.8 Å². The maximum Gasteiger partial charge on any atom is 0.0546 e. The van der Waals surface area contributed by atoms with E-state index in [-0.39, 0.29) is 0 Å². The molecule has 0 bridgehead atoms. The standard InChI is InChI=1S/C64H46N2/c1-4-13-45(14-5-1)47-27-35-57(36-28-47)65(59-39-33-50(34-40-59)54-20-11-19-53(43-54)46-15-6-2-7-16-46)58-37-29-48(30-38-58)49-31-41-60(42-32-49)66(56-22-8-3-9-23-56)62-44-55-21-10-17-51-25-26-52-18-12-24-61(62)64(52)63(51)55/h1-16,18-25,27-44H,17,26H2. The minimum absolute atomic E-state index is 0.977. The van der Waals surface area contributed by atoms with E-state index in [1.807, 2.05) is 0 Å². The van der Waals surface area contributed by atoms with Crippen molar-refractivity contribution in [3.05, 3.63) is 265 Å². The first-order valence-electron chi connectivity index (χ1n) is 22.9. The maximum absolute atomic E-state index is 2.43. The fourth-order valence-corrected chi connectivity index (χ4v) is 10.0. The van der Waals surface area contributed by atoms with Gasteiger partial charge in [0.1, 0.15) is 0 Å². The van der Waals surface area contributed by atoms with Crippen LogP contribution in [0.5, 0.6) is 0 Å². The highest BCUT2D eigenvalue weighted by molar-refractivity contribution is 6.10. The van der Waals surface area contributed by atoms with Crippen LogP contribution in [-0.2, 0) is 6.42 Å². The summed E-state index contributed by atoms with van der Waals surface area (Å²) in [6.45, 7) is 0. The average Bonchev–Trinajstić information content (AvgIpc) is 3.40. The molecule has 0 amide bonds. The summed E-state index contributed by atoms with van der Waals surface area (Å²) in [6.07, 6.45) is 9.03. The Bertz CT molecular complexity index is 3410. The van der Waals surface area contributed by atoms with Crippen molar-refractivity contribution >= 4 is 56.5 Å². The quantitative estimate of drug-likeness (QED) is 0.135. The van der Waals surface area contributed by atoms with Crippen molar-refractivity contribution in [2.24, 2.45) is 0 Å². The summed E-state index contributed by atoms with van der Waals surface area (Å²) in [6, 6.07) is 86.0. The summed E-state index contributed by atoms with van der Waals surface area (Å²) < 4.78 is 0. The molecule has 312 valence electrons. The third-order valence-electron chi connectivity index (χ3n) is 13.3. The first-order valence-corrected chi connectivity index (χ1v) is 22.9. The lowest BCUT2D eigenvalue weighted by Gasteiger charge is -2.31. The molecule has 10 aromatic carbocycles. The van der Waals surface area contributed by atoms with Crippen molar-refractivity contribution in [3.8, 4) is 44.5 Å². The topological polar surface area (TPSA) is 6.48 Å². The third kappa shape index (κ3) is 7.29. The normalized spacial score (nSPS) is 12.5. The number of anilines is 6. The van der Waals surface area contributed by atoms with Crippen molar-refractivity contribution in [2.75, 3.05) is 9.80 Å². The lowest BCUT2D eigenvalue weighted by molar-refractivity contribution is 1.22. The summed E-state index contributed by atoms with van der Waals surface area (Å²) in [5.74, 6) is 0. The van der Waals surface area contributed by atoms with Crippen molar-refractivity contribution in [3.63, 3.8) is 0 Å². The zero-order valence-electron chi connectivity index (χ0n) is 36.6. The van der Waals surface area contributed by atoms with Crippen molar-refractivity contribution in [1.29, 1.82) is 0 Å². The summed E-state index contributed by atoms with van der Waals surface area (Å²) in [7, 11) is 0. The average molecular weight is 843 g/mol. The van der Waals surface area contributed by atoms with Gasteiger partial charge in [0.2, 0.25) is 0 Å². The Morgan fingerprint density at radius 1 is 0.318 bits per heavy atom. The largest absolute Gasteiger partial charge is 0.311 e. The van der Waals surface area contributed by atoms with Crippen LogP contribution in [0.15, 0.2) is 249 Å². The second-order valence-corrected chi connectivity index (χ2v) is 17.2. The fourth-order valence-electron chi connectivity index (χ4n) is 10.0. The van der Waals surface area contributed by atoms with Gasteiger partial charge in [-0.25, -0.2) is 0 Å². The molecule has 0 aromatic heterocycles. The van der Waals surface area contributed by atoms with Gasteiger partial charge in [-0.05, 0) is 158 Å². The van der Waals surface area contributed by atoms with Gasteiger partial charge in [-0.3, -0.25) is 0 Å². The molecule has 0 saturated carbocycles. The van der Waals surface area contributed by atoms with Gasteiger partial charge in [0, 0.05) is 33.8 Å². The van der Waals surface area contributed by atoms with E-state index in [9.17, 15) is 0 Å². The molecule has 0 aliphatic heterocycles. The fraction of sp³-hybridized carbons (Fsp3) is 0.0312. The van der Waals surface area contributed by atoms with Gasteiger partial charge in [0.15, 0.2) is 0 Å². The monoisotopic (exact) mass is 842 g/mol. The Balaban J connectivity index is 0.884. The van der Waals surface area contributed by atoms with Crippen LogP contribution in [0.25, 0.3) is 66.9 Å². The van der Waals surface area contributed by atoms with Crippen molar-refractivity contribution in [1.82, 2.24) is 0 Å². The highest BCUT2D eigenvalue weighted by Crippen LogP contribution is 2.48. The zero-order chi connectivity index (χ0) is 43.8. The van der Waals surface area contributed by atoms with Crippen LogP contribution in [-0.4, -0.2) is 0 Å². The van der Waals surface area contributed by atoms with E-state index in [0.29, 0.717) is 0 Å². The third-order valence-corrected chi connectivity index (χ3v) is 13.3. The first-order chi connectivity index (χ1) is 32.7. The summed E-state index contributed by atoms with van der Waals surface area (Å²) >= 11 is 0. The Morgan fingerprint density at radius 2 is 0.742 bits per heavy atom. The molecule has 0 fully saturated rings. The van der Waals surface area contributed by atoms with E-state index in [1.165, 1.54) is 83.2 Å². The Labute approximate surface area is 387 Å². The predicted octanol–water partition coefficient (Wildman–Crippen LogP) is 17.8. The molecular weight excluding hydrogens is 797 g/mol. The van der Waals surface area contributed by atoms with E-state index in [4.69, 9.17) is 0 Å². The number of para-hydroxylation sites is 1. The van der Waals surface area contributed by atoms with Gasteiger partial charge in [-0.1, -0.05) is 182 Å². The molecule has 12 rings (SSSR count). The number of rotatable bonds is 10. The molecule has 0 spiro atoms. The summed E-state index contributed by atoms with van der Waals surface area (Å²) in [4.78, 5) is 4.78. The molecule has 0 atom stereocenters. The number of hydrogen-bond acceptors (Lipinski definition) is 2. The molecule has 2 heteroatoms. The lowest BCUT2D eigenvalue weighted by atomic mass is 9.81. The molecule has 2 aliphatic rings. The van der Waals surface area contributed by atoms with Crippen LogP contribution in [0.2, 0.25) is 0 Å². The highest BCUT2D eigenvalue weighted by atomic mass is 15.1. The molecule has 2 aliphatic carbocycles. The first kappa shape index (κ1) is 39.2. The molecule has 0 unspecified atom stereocenters. The van der Waals surface area contributed by atoms with Crippen LogP contribution in [0.3, 0.4) is 0 Å². The summed E-state index contributed by atoms with van der Waals surface area (Å²) in [5.41, 5.74) is 21.9. The van der Waals surface area contributed by atoms with Crippen LogP contribution >= 0.6 is 0 Å². The number of benzene rings is 10. The van der Waals surface area contributed by atoms with Gasteiger partial charge in [-0.2, -0.15) is 0 Å². The van der Waals surface area contributed by atoms with Gasteiger partial charge < -0.3 is 9.80 Å². The number of hydrogen-bond donors (Lipinski definition) is 0. The second-order valence-electron chi connectivity index (χ2n) is 17.2. The van der Waals surface area contributed by atoms with E-state index < -0.39 is 0 Å². The Hall–Kier alpha value is -8.46. The molecule has 2 nitrogen and oxygen atoms in total. The summed E-state index contributed by atoms with van der Waals surface area (Å²) in [5, 5.41) is 2.69. The van der Waals surface area contributed by atoms with Gasteiger partial charge >= 0.3 is 0 Å². The number of allylic oxidation sites excluding steroid dienone is 3. The molecule has 10 aromatic rings. The van der Waals surface area contributed by atoms with E-state index in [0.717, 1.165) is 41.3 Å². The number of nitrogens with zero attached hydrogens (tertiary/aromatic N) is 2. The molecule has 0 radical (unpaired) electrons. The highest BCUT2D eigenvalue weighted by Gasteiger charge is 2.25. The van der Waals surface area contributed by atoms with Gasteiger partial charge in [0.05, 0.1) is 5.69 Å². The van der Waals surface area contributed by atoms with Crippen LogP contribution in [0, 0.1) is 0 Å². The van der Waals surface area contributed by atoms with E-state index >= 15 is 0 Å². The van der Waals surface area contributed by atoms with E-state index in [1.54, 1.807) is 0 Å². The van der Waals surface area contributed by atoms with Crippen molar-refractivity contribution < 1.29 is 0 Å². The smallest absolute Gasteiger partial charge is 0.0546 e. The Kier molecular flexibility index (Phi) is 10.0. The van der Waals surface area contributed by atoms with Crippen LogP contribution in [0.1, 0.15) is 23.1 Å². The molecular formula is C64H46N2. The molecule has 66 heavy (non-hydrogen) atoms. The Morgan fingerprint density at radius 3 is 1.29 bits per heavy atom. The van der Waals surface area contributed by atoms with E-state index in [2.05, 4.69) is 265 Å². The molecule has 0 heterocycles. The molecule has 0 saturated heterocycles. The lowest BCUT2D eigenvalue weighted by Crippen LogP contribution is -2.13. The van der Waals surface area contributed by atoms with Gasteiger partial charge in [0.25, 0.3) is 0 Å². The van der Waals surface area contributed by atoms with Crippen LogP contribution < -0.4 is 9.80 Å². The van der Waals surface area contributed by atoms with Crippen LogP contribution in [0.4, 0.5) is 34.1 Å². The molecule has 0 N–H and O–H groups in total. The minimum atomic E-state index is 0.977. The SMILES string of the molecule is C1=Cc2cc(N(c3ccccc3)c3ccc(-c4ccc(N(c5ccc(-c6ccccc6)cc5)c5ccc(-c6cccc(-c7ccccc7)c6)cc5)cc4)cc3)c3cccc4c3c2C(=CC4)C1. The van der Waals surface area contributed by atoms with Gasteiger partial charge in [-0.15, -0.1) is 0 Å². The second kappa shape index (κ2) is 16.9. The zero-order valence-corrected chi connectivity index (χ0v) is 36.6.